The first kappa shape index (κ1) is 14.9. The maximum Gasteiger partial charge on any atom is 0.203 e. The molecule has 0 spiro atoms. The molecule has 21 heavy (non-hydrogen) atoms. The first-order valence-corrected chi connectivity index (χ1v) is 9.01. The zero-order chi connectivity index (χ0) is 14.7. The van der Waals surface area contributed by atoms with Gasteiger partial charge in [-0.3, -0.25) is 0 Å². The van der Waals surface area contributed by atoms with Crippen molar-refractivity contribution in [3.05, 3.63) is 11.9 Å². The van der Waals surface area contributed by atoms with E-state index < -0.39 is 0 Å². The minimum atomic E-state index is 0.653. The molecule has 1 aromatic rings. The number of nitrogens with one attached hydrogen (secondary N) is 1. The summed E-state index contributed by atoms with van der Waals surface area (Å²) in [7, 11) is 0. The van der Waals surface area contributed by atoms with Crippen molar-refractivity contribution >= 4 is 5.95 Å². The third-order valence-corrected chi connectivity index (χ3v) is 5.41. The molecular formula is C18H31N3. The zero-order valence-corrected chi connectivity index (χ0v) is 13.8. The number of rotatable bonds is 5. The molecule has 1 aromatic heterocycles. The lowest BCUT2D eigenvalue weighted by molar-refractivity contribution is 0.261. The fourth-order valence-corrected chi connectivity index (χ4v) is 4.23. The Morgan fingerprint density at radius 3 is 2.76 bits per heavy atom. The van der Waals surface area contributed by atoms with E-state index in [0.717, 1.165) is 30.0 Å². The lowest BCUT2D eigenvalue weighted by Crippen LogP contribution is -2.19. The number of nitrogens with zero attached hydrogens (tertiary/aromatic N) is 2. The van der Waals surface area contributed by atoms with Crippen LogP contribution in [0.1, 0.15) is 70.4 Å². The molecule has 2 atom stereocenters. The summed E-state index contributed by atoms with van der Waals surface area (Å²) in [5.74, 6) is 2.98. The Morgan fingerprint density at radius 2 is 2.00 bits per heavy atom. The summed E-state index contributed by atoms with van der Waals surface area (Å²) in [6.45, 7) is 5.66. The third-order valence-electron chi connectivity index (χ3n) is 5.41. The molecule has 1 N–H and O–H groups in total. The van der Waals surface area contributed by atoms with Gasteiger partial charge in [0.05, 0.1) is 5.69 Å². The molecule has 0 amide bonds. The standard InChI is InChI=1S/C18H31N3/c1-14-6-5-7-16(12-14)10-11-21-13-15(2)19-18(21)20-17-8-3-4-9-17/h13-14,16-17H,3-12H2,1-2H3,(H,19,20). The fourth-order valence-electron chi connectivity index (χ4n) is 4.23. The van der Waals surface area contributed by atoms with Gasteiger partial charge in [0.2, 0.25) is 5.95 Å². The molecule has 0 bridgehead atoms. The summed E-state index contributed by atoms with van der Waals surface area (Å²) >= 11 is 0. The third kappa shape index (κ3) is 4.02. The van der Waals surface area contributed by atoms with E-state index in [1.54, 1.807) is 0 Å². The second-order valence-electron chi connectivity index (χ2n) is 7.45. The van der Waals surface area contributed by atoms with Crippen molar-refractivity contribution in [2.24, 2.45) is 11.8 Å². The van der Waals surface area contributed by atoms with Crippen LogP contribution in [0.3, 0.4) is 0 Å². The van der Waals surface area contributed by atoms with E-state index in [1.165, 1.54) is 57.8 Å². The topological polar surface area (TPSA) is 29.9 Å². The van der Waals surface area contributed by atoms with Gasteiger partial charge in [-0.15, -0.1) is 0 Å². The average Bonchev–Trinajstić information content (AvgIpc) is 3.07. The first-order valence-electron chi connectivity index (χ1n) is 9.01. The van der Waals surface area contributed by atoms with Gasteiger partial charge < -0.3 is 9.88 Å². The van der Waals surface area contributed by atoms with Crippen molar-refractivity contribution in [1.82, 2.24) is 9.55 Å². The summed E-state index contributed by atoms with van der Waals surface area (Å²) < 4.78 is 2.37. The van der Waals surface area contributed by atoms with Crippen LogP contribution in [0.25, 0.3) is 0 Å². The molecule has 118 valence electrons. The molecule has 3 nitrogen and oxygen atoms in total. The van der Waals surface area contributed by atoms with Crippen molar-refractivity contribution < 1.29 is 0 Å². The van der Waals surface area contributed by atoms with Crippen molar-refractivity contribution in [2.45, 2.75) is 84.2 Å². The van der Waals surface area contributed by atoms with Crippen LogP contribution in [0.2, 0.25) is 0 Å². The Kier molecular flexibility index (Phi) is 4.87. The molecule has 2 aliphatic carbocycles. The molecule has 1 heterocycles. The van der Waals surface area contributed by atoms with E-state index >= 15 is 0 Å². The van der Waals surface area contributed by atoms with E-state index in [9.17, 15) is 0 Å². The normalized spacial score (nSPS) is 27.1. The molecule has 3 rings (SSSR count). The van der Waals surface area contributed by atoms with Crippen LogP contribution < -0.4 is 5.32 Å². The van der Waals surface area contributed by atoms with Gasteiger partial charge in [0, 0.05) is 18.8 Å². The van der Waals surface area contributed by atoms with Crippen molar-refractivity contribution in [3.8, 4) is 0 Å². The van der Waals surface area contributed by atoms with Crippen molar-refractivity contribution in [3.63, 3.8) is 0 Å². The largest absolute Gasteiger partial charge is 0.353 e. The van der Waals surface area contributed by atoms with Crippen LogP contribution in [0, 0.1) is 18.8 Å². The van der Waals surface area contributed by atoms with Crippen LogP contribution in [0.5, 0.6) is 0 Å². The van der Waals surface area contributed by atoms with E-state index in [2.05, 4.69) is 29.9 Å². The minimum absolute atomic E-state index is 0.653. The highest BCUT2D eigenvalue weighted by atomic mass is 15.2. The number of anilines is 1. The SMILES string of the molecule is Cc1cn(CCC2CCCC(C)C2)c(NC2CCCC2)n1. The zero-order valence-electron chi connectivity index (χ0n) is 13.8. The predicted molar refractivity (Wildman–Crippen MR) is 88.6 cm³/mol. The molecule has 0 saturated heterocycles. The van der Waals surface area contributed by atoms with Crippen LogP contribution in [0.4, 0.5) is 5.95 Å². The van der Waals surface area contributed by atoms with Crippen LogP contribution in [-0.2, 0) is 6.54 Å². The minimum Gasteiger partial charge on any atom is -0.353 e. The summed E-state index contributed by atoms with van der Waals surface area (Å²) in [5, 5.41) is 3.68. The summed E-state index contributed by atoms with van der Waals surface area (Å²) in [6, 6.07) is 0.653. The molecule has 2 fully saturated rings. The number of imidazole rings is 1. The lowest BCUT2D eigenvalue weighted by Gasteiger charge is -2.27. The van der Waals surface area contributed by atoms with Gasteiger partial charge in [0.15, 0.2) is 0 Å². The maximum absolute atomic E-state index is 4.70. The first-order chi connectivity index (χ1) is 10.2. The highest BCUT2D eigenvalue weighted by molar-refractivity contribution is 5.30. The van der Waals surface area contributed by atoms with E-state index in [0.29, 0.717) is 6.04 Å². The van der Waals surface area contributed by atoms with Crippen molar-refractivity contribution in [1.29, 1.82) is 0 Å². The number of hydrogen-bond donors (Lipinski definition) is 1. The second kappa shape index (κ2) is 6.85. The van der Waals surface area contributed by atoms with Gasteiger partial charge in [-0.05, 0) is 44.4 Å². The predicted octanol–water partition coefficient (Wildman–Crippen LogP) is 4.76. The van der Waals surface area contributed by atoms with Crippen molar-refractivity contribution in [2.75, 3.05) is 5.32 Å². The number of aromatic nitrogens is 2. The van der Waals surface area contributed by atoms with E-state index in [1.807, 2.05) is 0 Å². The average molecular weight is 289 g/mol. The van der Waals surface area contributed by atoms with Gasteiger partial charge in [-0.25, -0.2) is 4.98 Å². The van der Waals surface area contributed by atoms with Gasteiger partial charge in [0.25, 0.3) is 0 Å². The Bertz CT molecular complexity index is 445. The van der Waals surface area contributed by atoms with Gasteiger partial charge in [-0.2, -0.15) is 0 Å². The van der Waals surface area contributed by atoms with Crippen LogP contribution in [0.15, 0.2) is 6.20 Å². The summed E-state index contributed by atoms with van der Waals surface area (Å²) in [4.78, 5) is 4.70. The summed E-state index contributed by atoms with van der Waals surface area (Å²) in [5.41, 5.74) is 1.15. The molecule has 2 aliphatic rings. The van der Waals surface area contributed by atoms with Gasteiger partial charge in [0.1, 0.15) is 0 Å². The van der Waals surface area contributed by atoms with Gasteiger partial charge >= 0.3 is 0 Å². The summed E-state index contributed by atoms with van der Waals surface area (Å²) in [6.07, 6.45) is 14.6. The molecule has 3 heteroatoms. The fraction of sp³-hybridized carbons (Fsp3) is 0.833. The Balaban J connectivity index is 1.56. The smallest absolute Gasteiger partial charge is 0.203 e. The van der Waals surface area contributed by atoms with Gasteiger partial charge in [-0.1, -0.05) is 39.0 Å². The Labute approximate surface area is 129 Å². The molecule has 0 aliphatic heterocycles. The molecule has 0 aromatic carbocycles. The van der Waals surface area contributed by atoms with Crippen LogP contribution in [-0.4, -0.2) is 15.6 Å². The number of aryl methyl sites for hydroxylation is 2. The monoisotopic (exact) mass is 289 g/mol. The highest BCUT2D eigenvalue weighted by Gasteiger charge is 2.20. The maximum atomic E-state index is 4.70. The highest BCUT2D eigenvalue weighted by Crippen LogP contribution is 2.31. The molecular weight excluding hydrogens is 258 g/mol. The van der Waals surface area contributed by atoms with E-state index in [4.69, 9.17) is 4.98 Å². The quantitative estimate of drug-likeness (QED) is 0.846. The second-order valence-corrected chi connectivity index (χ2v) is 7.45. The number of hydrogen-bond acceptors (Lipinski definition) is 2. The van der Waals surface area contributed by atoms with E-state index in [-0.39, 0.29) is 0 Å². The Morgan fingerprint density at radius 1 is 1.19 bits per heavy atom. The van der Waals surface area contributed by atoms with Crippen LogP contribution >= 0.6 is 0 Å². The lowest BCUT2D eigenvalue weighted by atomic mass is 9.81. The molecule has 0 radical (unpaired) electrons. The molecule has 2 unspecified atom stereocenters. The molecule has 2 saturated carbocycles. The Hall–Kier alpha value is -0.990.